The number of ether oxygens (including phenoxy) is 1. The lowest BCUT2D eigenvalue weighted by Crippen LogP contribution is -2.33. The maximum Gasteiger partial charge on any atom is 0.280 e. The number of thiazole rings is 1. The Morgan fingerprint density at radius 1 is 1.28 bits per heavy atom. The van der Waals surface area contributed by atoms with E-state index in [1.165, 1.54) is 4.88 Å². The van der Waals surface area contributed by atoms with Gasteiger partial charge in [-0.1, -0.05) is 12.1 Å². The molecule has 0 aliphatic carbocycles. The monoisotopic (exact) mass is 359 g/mol. The Bertz CT molecular complexity index is 699. The van der Waals surface area contributed by atoms with Crippen molar-refractivity contribution in [1.29, 1.82) is 0 Å². The standard InChI is InChI=1S/C19H25N3O2S/c1-13(2)22-10-8-16-17(9-11-22)25-19(21-16)18(23)20-12-14-4-6-15(24-3)7-5-14/h4-7,13H,8-12H2,1-3H3,(H,20,23). The Morgan fingerprint density at radius 3 is 2.68 bits per heavy atom. The summed E-state index contributed by atoms with van der Waals surface area (Å²) < 4.78 is 5.14. The van der Waals surface area contributed by atoms with Gasteiger partial charge in [-0.2, -0.15) is 0 Å². The molecule has 134 valence electrons. The van der Waals surface area contributed by atoms with Crippen LogP contribution in [-0.2, 0) is 19.4 Å². The van der Waals surface area contributed by atoms with Gasteiger partial charge in [-0.25, -0.2) is 4.98 Å². The summed E-state index contributed by atoms with van der Waals surface area (Å²) >= 11 is 1.54. The van der Waals surface area contributed by atoms with E-state index in [2.05, 4.69) is 29.0 Å². The maximum absolute atomic E-state index is 12.4. The van der Waals surface area contributed by atoms with Crippen molar-refractivity contribution in [3.63, 3.8) is 0 Å². The smallest absolute Gasteiger partial charge is 0.280 e. The molecule has 25 heavy (non-hydrogen) atoms. The molecule has 2 aromatic rings. The number of rotatable bonds is 5. The first-order valence-corrected chi connectivity index (χ1v) is 9.52. The van der Waals surface area contributed by atoms with Crippen LogP contribution in [0.3, 0.4) is 0 Å². The number of aromatic nitrogens is 1. The molecular formula is C19H25N3O2S. The molecule has 1 aliphatic heterocycles. The van der Waals surface area contributed by atoms with Crippen LogP contribution < -0.4 is 10.1 Å². The summed E-state index contributed by atoms with van der Waals surface area (Å²) in [6.45, 7) is 7.01. The fourth-order valence-electron chi connectivity index (χ4n) is 3.00. The predicted octanol–water partition coefficient (Wildman–Crippen LogP) is 2.89. The van der Waals surface area contributed by atoms with Crippen LogP contribution in [-0.4, -0.2) is 42.0 Å². The molecule has 0 spiro atoms. The minimum atomic E-state index is -0.0883. The molecule has 0 saturated heterocycles. The molecule has 1 aliphatic rings. The van der Waals surface area contributed by atoms with Crippen molar-refractivity contribution in [2.45, 2.75) is 39.3 Å². The largest absolute Gasteiger partial charge is 0.497 e. The molecule has 6 heteroatoms. The third-order valence-corrected chi connectivity index (χ3v) is 5.73. The first-order valence-electron chi connectivity index (χ1n) is 8.70. The summed E-state index contributed by atoms with van der Waals surface area (Å²) in [7, 11) is 1.64. The summed E-state index contributed by atoms with van der Waals surface area (Å²) in [5.74, 6) is 0.726. The average molecular weight is 359 g/mol. The van der Waals surface area contributed by atoms with Crippen LogP contribution in [0.5, 0.6) is 5.75 Å². The van der Waals surface area contributed by atoms with Gasteiger partial charge in [-0.05, 0) is 38.0 Å². The number of hydrogen-bond donors (Lipinski definition) is 1. The van der Waals surface area contributed by atoms with Gasteiger partial charge < -0.3 is 15.0 Å². The second-order valence-corrected chi connectivity index (χ2v) is 7.63. The minimum absolute atomic E-state index is 0.0883. The first kappa shape index (κ1) is 17.9. The molecule has 0 radical (unpaired) electrons. The van der Waals surface area contributed by atoms with Crippen LogP contribution in [0.4, 0.5) is 0 Å². The van der Waals surface area contributed by atoms with E-state index in [1.807, 2.05) is 24.3 Å². The zero-order valence-corrected chi connectivity index (χ0v) is 15.9. The number of hydrogen-bond acceptors (Lipinski definition) is 5. The minimum Gasteiger partial charge on any atom is -0.497 e. The molecule has 1 amide bonds. The van der Waals surface area contributed by atoms with Crippen LogP contribution in [0.2, 0.25) is 0 Å². The molecule has 0 saturated carbocycles. The van der Waals surface area contributed by atoms with E-state index in [0.717, 1.165) is 42.9 Å². The van der Waals surface area contributed by atoms with E-state index < -0.39 is 0 Å². The van der Waals surface area contributed by atoms with Gasteiger partial charge in [-0.3, -0.25) is 4.79 Å². The first-order chi connectivity index (χ1) is 12.1. The van der Waals surface area contributed by atoms with E-state index in [9.17, 15) is 4.79 Å². The van der Waals surface area contributed by atoms with Crippen molar-refractivity contribution in [2.24, 2.45) is 0 Å². The van der Waals surface area contributed by atoms with Gasteiger partial charge in [-0.15, -0.1) is 11.3 Å². The Hall–Kier alpha value is -1.92. The van der Waals surface area contributed by atoms with Gasteiger partial charge in [0.2, 0.25) is 0 Å². The zero-order chi connectivity index (χ0) is 17.8. The molecule has 0 fully saturated rings. The van der Waals surface area contributed by atoms with E-state index in [1.54, 1.807) is 18.4 Å². The Kier molecular flexibility index (Phi) is 5.71. The molecule has 3 rings (SSSR count). The molecule has 1 N–H and O–H groups in total. The molecule has 0 atom stereocenters. The van der Waals surface area contributed by atoms with Crippen molar-refractivity contribution in [3.05, 3.63) is 45.4 Å². The Labute approximate surface area is 153 Å². The van der Waals surface area contributed by atoms with Gasteiger partial charge in [0.05, 0.1) is 12.8 Å². The molecule has 0 unspecified atom stereocenters. The van der Waals surface area contributed by atoms with Crippen molar-refractivity contribution in [2.75, 3.05) is 20.2 Å². The maximum atomic E-state index is 12.4. The summed E-state index contributed by atoms with van der Waals surface area (Å²) in [6.07, 6.45) is 1.91. The number of carbonyl (C=O) groups is 1. The Morgan fingerprint density at radius 2 is 2.00 bits per heavy atom. The van der Waals surface area contributed by atoms with E-state index >= 15 is 0 Å². The quantitative estimate of drug-likeness (QED) is 0.892. The van der Waals surface area contributed by atoms with E-state index in [0.29, 0.717) is 17.6 Å². The normalized spacial score (nSPS) is 14.9. The molecular weight excluding hydrogens is 334 g/mol. The van der Waals surface area contributed by atoms with Gasteiger partial charge in [0.15, 0.2) is 5.01 Å². The zero-order valence-electron chi connectivity index (χ0n) is 15.0. The number of nitrogens with one attached hydrogen (secondary N) is 1. The average Bonchev–Trinajstić information content (AvgIpc) is 2.92. The van der Waals surface area contributed by atoms with Gasteiger partial charge in [0.1, 0.15) is 5.75 Å². The van der Waals surface area contributed by atoms with Gasteiger partial charge in [0, 0.05) is 37.0 Å². The predicted molar refractivity (Wildman–Crippen MR) is 100 cm³/mol. The SMILES string of the molecule is COc1ccc(CNC(=O)c2nc3c(s2)CCN(C(C)C)CC3)cc1. The molecule has 0 bridgehead atoms. The fraction of sp³-hybridized carbons (Fsp3) is 0.474. The highest BCUT2D eigenvalue weighted by atomic mass is 32.1. The highest BCUT2D eigenvalue weighted by Gasteiger charge is 2.21. The summed E-state index contributed by atoms with van der Waals surface area (Å²) in [5, 5.41) is 3.54. The highest BCUT2D eigenvalue weighted by molar-refractivity contribution is 7.13. The number of nitrogens with zero attached hydrogens (tertiary/aromatic N) is 2. The number of amides is 1. The van der Waals surface area contributed by atoms with Crippen LogP contribution in [0.15, 0.2) is 24.3 Å². The number of methoxy groups -OCH3 is 1. The van der Waals surface area contributed by atoms with Crippen LogP contribution >= 0.6 is 11.3 Å². The second kappa shape index (κ2) is 7.97. The molecule has 5 nitrogen and oxygen atoms in total. The van der Waals surface area contributed by atoms with Crippen LogP contribution in [0.25, 0.3) is 0 Å². The van der Waals surface area contributed by atoms with Crippen molar-refractivity contribution < 1.29 is 9.53 Å². The van der Waals surface area contributed by atoms with Crippen LogP contribution in [0.1, 0.15) is 39.8 Å². The summed E-state index contributed by atoms with van der Waals surface area (Å²) in [6, 6.07) is 8.26. The molecule has 2 heterocycles. The van der Waals surface area contributed by atoms with Crippen LogP contribution in [0, 0.1) is 0 Å². The highest BCUT2D eigenvalue weighted by Crippen LogP contribution is 2.23. The summed E-state index contributed by atoms with van der Waals surface area (Å²) in [5.41, 5.74) is 2.14. The number of benzene rings is 1. The third-order valence-electron chi connectivity index (χ3n) is 4.58. The van der Waals surface area contributed by atoms with E-state index in [-0.39, 0.29) is 5.91 Å². The third kappa shape index (κ3) is 4.38. The number of carbonyl (C=O) groups excluding carboxylic acids is 1. The van der Waals surface area contributed by atoms with Gasteiger partial charge in [0.25, 0.3) is 5.91 Å². The topological polar surface area (TPSA) is 54.5 Å². The lowest BCUT2D eigenvalue weighted by Gasteiger charge is -2.23. The number of fused-ring (bicyclic) bond motifs is 1. The van der Waals surface area contributed by atoms with E-state index in [4.69, 9.17) is 4.74 Å². The Balaban J connectivity index is 1.59. The molecule has 1 aromatic heterocycles. The second-order valence-electron chi connectivity index (χ2n) is 6.55. The van der Waals surface area contributed by atoms with Crippen molar-refractivity contribution in [3.8, 4) is 5.75 Å². The lowest BCUT2D eigenvalue weighted by molar-refractivity contribution is 0.0950. The van der Waals surface area contributed by atoms with Gasteiger partial charge >= 0.3 is 0 Å². The summed E-state index contributed by atoms with van der Waals surface area (Å²) in [4.78, 5) is 20.8. The van der Waals surface area contributed by atoms with Crippen molar-refractivity contribution >= 4 is 17.2 Å². The molecule has 1 aromatic carbocycles. The van der Waals surface area contributed by atoms with Crippen molar-refractivity contribution in [1.82, 2.24) is 15.2 Å². The fourth-order valence-corrected chi connectivity index (χ4v) is 4.01. The lowest BCUT2D eigenvalue weighted by atomic mass is 10.2.